The third kappa shape index (κ3) is 3.42. The number of nitrogens with zero attached hydrogens (tertiary/aromatic N) is 2. The van der Waals surface area contributed by atoms with Crippen LogP contribution in [0.1, 0.15) is 19.8 Å². The van der Waals surface area contributed by atoms with E-state index < -0.39 is 5.60 Å². The maximum Gasteiger partial charge on any atom is 0.0900 e. The van der Waals surface area contributed by atoms with Crippen molar-refractivity contribution in [1.29, 1.82) is 0 Å². The summed E-state index contributed by atoms with van der Waals surface area (Å²) in [5.41, 5.74) is -0.543. The van der Waals surface area contributed by atoms with Gasteiger partial charge in [-0.15, -0.1) is 0 Å². The van der Waals surface area contributed by atoms with Crippen LogP contribution in [0.4, 0.5) is 0 Å². The van der Waals surface area contributed by atoms with Crippen molar-refractivity contribution in [3.63, 3.8) is 0 Å². The first-order valence-corrected chi connectivity index (χ1v) is 5.74. The summed E-state index contributed by atoms with van der Waals surface area (Å²) in [5.74, 6) is 0. The molecule has 2 atom stereocenters. The number of likely N-dealkylation sites (N-methyl/N-ethyl adjacent to an activating group) is 1. The fourth-order valence-electron chi connectivity index (χ4n) is 2.18. The molecule has 1 heterocycles. The number of piperidine rings is 1. The minimum Gasteiger partial charge on any atom is -0.387 e. The molecule has 3 nitrogen and oxygen atoms in total. The molecule has 0 saturated carbocycles. The molecular weight excluding hydrogens is 196 g/mol. The summed E-state index contributed by atoms with van der Waals surface area (Å²) in [6.07, 6.45) is 1.97. The lowest BCUT2D eigenvalue weighted by Gasteiger charge is -2.42. The predicted octanol–water partition coefficient (Wildman–Crippen LogP) is 0.651. The normalized spacial score (nSPS) is 32.1. The van der Waals surface area contributed by atoms with E-state index >= 15 is 0 Å². The predicted molar refractivity (Wildman–Crippen MR) is 62.8 cm³/mol. The summed E-state index contributed by atoms with van der Waals surface area (Å²) in [6, 6.07) is 0. The Bertz CT molecular complexity index is 187. The molecule has 0 bridgehead atoms. The molecule has 84 valence electrons. The molecular formula is C10H22N2OS. The van der Waals surface area contributed by atoms with Crippen molar-refractivity contribution >= 4 is 12.6 Å². The van der Waals surface area contributed by atoms with Crippen LogP contribution in [0, 0.1) is 0 Å². The molecule has 4 heteroatoms. The summed E-state index contributed by atoms with van der Waals surface area (Å²) in [5, 5.41) is 10.6. The van der Waals surface area contributed by atoms with Crippen LogP contribution >= 0.6 is 12.6 Å². The number of β-amino-alcohol motifs (C(OH)–C–C–N with tert-alkyl or cyclic N) is 1. The molecule has 0 radical (unpaired) electrons. The number of aliphatic hydroxyl groups is 1. The van der Waals surface area contributed by atoms with E-state index in [2.05, 4.69) is 24.5 Å². The van der Waals surface area contributed by atoms with Gasteiger partial charge in [0.1, 0.15) is 0 Å². The first kappa shape index (κ1) is 12.3. The number of thiol groups is 1. The quantitative estimate of drug-likeness (QED) is 0.681. The third-order valence-electron chi connectivity index (χ3n) is 2.72. The topological polar surface area (TPSA) is 26.7 Å². The zero-order valence-electron chi connectivity index (χ0n) is 9.40. The third-order valence-corrected chi connectivity index (χ3v) is 3.05. The SMILES string of the molecule is CC(S)N1CCCC(O)(CN(C)C)C1. The van der Waals surface area contributed by atoms with Gasteiger partial charge < -0.3 is 10.0 Å². The van der Waals surface area contributed by atoms with Gasteiger partial charge in [0.25, 0.3) is 0 Å². The van der Waals surface area contributed by atoms with Gasteiger partial charge in [-0.1, -0.05) is 0 Å². The number of likely N-dealkylation sites (tertiary alicyclic amines) is 1. The number of hydrogen-bond donors (Lipinski definition) is 2. The van der Waals surface area contributed by atoms with E-state index in [1.165, 1.54) is 0 Å². The first-order valence-electron chi connectivity index (χ1n) is 5.22. The van der Waals surface area contributed by atoms with E-state index in [9.17, 15) is 5.11 Å². The van der Waals surface area contributed by atoms with Gasteiger partial charge >= 0.3 is 0 Å². The summed E-state index contributed by atoms with van der Waals surface area (Å²) < 4.78 is 0. The fourth-order valence-corrected chi connectivity index (χ4v) is 2.38. The average molecular weight is 218 g/mol. The lowest BCUT2D eigenvalue weighted by Crippen LogP contribution is -2.54. The summed E-state index contributed by atoms with van der Waals surface area (Å²) in [6.45, 7) is 4.60. The van der Waals surface area contributed by atoms with Crippen LogP contribution in [-0.4, -0.2) is 59.6 Å². The Morgan fingerprint density at radius 3 is 2.71 bits per heavy atom. The molecule has 1 N–H and O–H groups in total. The highest BCUT2D eigenvalue weighted by Gasteiger charge is 2.34. The maximum atomic E-state index is 10.3. The van der Waals surface area contributed by atoms with E-state index in [4.69, 9.17) is 0 Å². The van der Waals surface area contributed by atoms with Crippen LogP contribution in [0.15, 0.2) is 0 Å². The Morgan fingerprint density at radius 2 is 2.21 bits per heavy atom. The molecule has 1 rings (SSSR count). The van der Waals surface area contributed by atoms with Crippen molar-refractivity contribution in [2.75, 3.05) is 33.7 Å². The molecule has 1 saturated heterocycles. The monoisotopic (exact) mass is 218 g/mol. The van der Waals surface area contributed by atoms with Crippen molar-refractivity contribution < 1.29 is 5.11 Å². The Hall–Kier alpha value is 0.230. The van der Waals surface area contributed by atoms with Gasteiger partial charge in [0, 0.05) is 18.5 Å². The fraction of sp³-hybridized carbons (Fsp3) is 1.00. The van der Waals surface area contributed by atoms with Crippen molar-refractivity contribution in [3.8, 4) is 0 Å². The molecule has 0 aromatic heterocycles. The van der Waals surface area contributed by atoms with Crippen molar-refractivity contribution in [2.24, 2.45) is 0 Å². The summed E-state index contributed by atoms with van der Waals surface area (Å²) in [7, 11) is 4.00. The minimum absolute atomic E-state index is 0.240. The summed E-state index contributed by atoms with van der Waals surface area (Å²) >= 11 is 4.41. The van der Waals surface area contributed by atoms with Crippen LogP contribution in [0.5, 0.6) is 0 Å². The molecule has 0 spiro atoms. The van der Waals surface area contributed by atoms with E-state index in [1.807, 2.05) is 19.0 Å². The zero-order valence-corrected chi connectivity index (χ0v) is 10.3. The van der Waals surface area contributed by atoms with Gasteiger partial charge in [-0.05, 0) is 40.4 Å². The van der Waals surface area contributed by atoms with Crippen LogP contribution < -0.4 is 0 Å². The Labute approximate surface area is 92.5 Å². The molecule has 1 aliphatic rings. The highest BCUT2D eigenvalue weighted by molar-refractivity contribution is 7.80. The van der Waals surface area contributed by atoms with E-state index in [0.29, 0.717) is 0 Å². The van der Waals surface area contributed by atoms with Crippen molar-refractivity contribution in [2.45, 2.75) is 30.7 Å². The standard InChI is InChI=1S/C10H22N2OS/c1-9(14)12-6-4-5-10(13,8-12)7-11(2)3/h9,13-14H,4-8H2,1-3H3. The molecule has 0 aromatic rings. The number of hydrogen-bond acceptors (Lipinski definition) is 4. The lowest BCUT2D eigenvalue weighted by atomic mass is 9.92. The highest BCUT2D eigenvalue weighted by atomic mass is 32.1. The molecule has 2 unspecified atom stereocenters. The second-order valence-electron chi connectivity index (χ2n) is 4.67. The van der Waals surface area contributed by atoms with Gasteiger partial charge in [-0.25, -0.2) is 0 Å². The second kappa shape index (κ2) is 4.84. The molecule has 0 aliphatic carbocycles. The minimum atomic E-state index is -0.543. The molecule has 1 aliphatic heterocycles. The van der Waals surface area contributed by atoms with E-state index in [-0.39, 0.29) is 5.37 Å². The van der Waals surface area contributed by atoms with Crippen LogP contribution in [0.3, 0.4) is 0 Å². The maximum absolute atomic E-state index is 10.3. The second-order valence-corrected chi connectivity index (χ2v) is 5.42. The number of rotatable bonds is 3. The first-order chi connectivity index (χ1) is 6.43. The Morgan fingerprint density at radius 1 is 1.57 bits per heavy atom. The van der Waals surface area contributed by atoms with Crippen LogP contribution in [0.2, 0.25) is 0 Å². The highest BCUT2D eigenvalue weighted by Crippen LogP contribution is 2.23. The molecule has 0 aromatic carbocycles. The van der Waals surface area contributed by atoms with E-state index in [1.54, 1.807) is 0 Å². The zero-order chi connectivity index (χ0) is 10.8. The van der Waals surface area contributed by atoms with Gasteiger partial charge in [-0.2, -0.15) is 12.6 Å². The largest absolute Gasteiger partial charge is 0.387 e. The molecule has 1 fully saturated rings. The Balaban J connectivity index is 2.53. The van der Waals surface area contributed by atoms with Gasteiger partial charge in [0.05, 0.1) is 5.60 Å². The summed E-state index contributed by atoms with van der Waals surface area (Å²) in [4.78, 5) is 4.28. The Kier molecular flexibility index (Phi) is 4.25. The average Bonchev–Trinajstić information content (AvgIpc) is 2.01. The van der Waals surface area contributed by atoms with Crippen molar-refractivity contribution in [3.05, 3.63) is 0 Å². The van der Waals surface area contributed by atoms with Crippen LogP contribution in [-0.2, 0) is 0 Å². The van der Waals surface area contributed by atoms with Gasteiger partial charge in [0.15, 0.2) is 0 Å². The molecule has 0 amide bonds. The molecule has 14 heavy (non-hydrogen) atoms. The van der Waals surface area contributed by atoms with Crippen LogP contribution in [0.25, 0.3) is 0 Å². The van der Waals surface area contributed by atoms with Crippen molar-refractivity contribution in [1.82, 2.24) is 9.80 Å². The van der Waals surface area contributed by atoms with Gasteiger partial charge in [0.2, 0.25) is 0 Å². The smallest absolute Gasteiger partial charge is 0.0900 e. The van der Waals surface area contributed by atoms with Gasteiger partial charge in [-0.3, -0.25) is 4.90 Å². The lowest BCUT2D eigenvalue weighted by molar-refractivity contribution is -0.0472. The van der Waals surface area contributed by atoms with E-state index in [0.717, 1.165) is 32.5 Å².